The van der Waals surface area contributed by atoms with Gasteiger partial charge in [-0.2, -0.15) is 0 Å². The first kappa shape index (κ1) is 14.6. The lowest BCUT2D eigenvalue weighted by Gasteiger charge is -2.09. The fraction of sp³-hybridized carbons (Fsp3) is 0. The quantitative estimate of drug-likeness (QED) is 0.640. The Balaban J connectivity index is 2.37. The van der Waals surface area contributed by atoms with Crippen molar-refractivity contribution in [2.45, 2.75) is 4.90 Å². The maximum Gasteiger partial charge on any atom is 0.352 e. The van der Waals surface area contributed by atoms with E-state index in [1.165, 1.54) is 24.3 Å². The third kappa shape index (κ3) is 3.03. The Labute approximate surface area is 119 Å². The van der Waals surface area contributed by atoms with Crippen molar-refractivity contribution in [3.05, 3.63) is 47.8 Å². The zero-order valence-corrected chi connectivity index (χ0v) is 11.3. The van der Waals surface area contributed by atoms with Crippen molar-refractivity contribution in [3.63, 3.8) is 0 Å². The molecule has 0 aliphatic carbocycles. The molecule has 5 N–H and O–H groups in total. The fourth-order valence-corrected chi connectivity index (χ4v) is 2.72. The van der Waals surface area contributed by atoms with Gasteiger partial charge in [-0.1, -0.05) is 12.1 Å². The SMILES string of the molecule is NC(=O)c1ccccc1NS(=O)(=O)c1c[nH]c(C(=O)O)c1. The van der Waals surface area contributed by atoms with Gasteiger partial charge >= 0.3 is 5.97 Å². The number of para-hydroxylation sites is 1. The van der Waals surface area contributed by atoms with Gasteiger partial charge in [-0.25, -0.2) is 13.2 Å². The molecule has 0 bridgehead atoms. The number of aromatic carboxylic acids is 1. The Morgan fingerprint density at radius 1 is 1.24 bits per heavy atom. The molecule has 21 heavy (non-hydrogen) atoms. The third-order valence-electron chi connectivity index (χ3n) is 2.63. The van der Waals surface area contributed by atoms with Crippen LogP contribution in [0.2, 0.25) is 0 Å². The van der Waals surface area contributed by atoms with Crippen molar-refractivity contribution < 1.29 is 23.1 Å². The summed E-state index contributed by atoms with van der Waals surface area (Å²) in [5, 5.41) is 8.76. The maximum atomic E-state index is 12.1. The second-order valence-electron chi connectivity index (χ2n) is 4.07. The summed E-state index contributed by atoms with van der Waals surface area (Å²) < 4.78 is 26.5. The van der Waals surface area contributed by atoms with E-state index in [2.05, 4.69) is 9.71 Å². The van der Waals surface area contributed by atoms with Crippen LogP contribution < -0.4 is 10.5 Å². The van der Waals surface area contributed by atoms with Crippen LogP contribution in [0.5, 0.6) is 0 Å². The van der Waals surface area contributed by atoms with Crippen LogP contribution in [0.1, 0.15) is 20.8 Å². The van der Waals surface area contributed by atoms with Crippen molar-refractivity contribution in [1.29, 1.82) is 0 Å². The highest BCUT2D eigenvalue weighted by molar-refractivity contribution is 7.92. The average Bonchev–Trinajstić information content (AvgIpc) is 2.89. The van der Waals surface area contributed by atoms with Gasteiger partial charge in [0.1, 0.15) is 10.6 Å². The molecule has 1 amide bonds. The Bertz CT molecular complexity index is 810. The van der Waals surface area contributed by atoms with Crippen LogP contribution >= 0.6 is 0 Å². The van der Waals surface area contributed by atoms with Gasteiger partial charge in [-0.15, -0.1) is 0 Å². The minimum atomic E-state index is -4.03. The summed E-state index contributed by atoms with van der Waals surface area (Å²) in [6.45, 7) is 0. The van der Waals surface area contributed by atoms with Crippen molar-refractivity contribution in [2.75, 3.05) is 4.72 Å². The summed E-state index contributed by atoms with van der Waals surface area (Å²) in [4.78, 5) is 24.0. The molecule has 1 aromatic heterocycles. The number of nitrogens with two attached hydrogens (primary N) is 1. The van der Waals surface area contributed by atoms with E-state index in [4.69, 9.17) is 10.8 Å². The van der Waals surface area contributed by atoms with Gasteiger partial charge in [-0.3, -0.25) is 9.52 Å². The molecule has 0 aliphatic rings. The molecule has 1 aromatic carbocycles. The van der Waals surface area contributed by atoms with Gasteiger partial charge in [0.2, 0.25) is 0 Å². The standard InChI is InChI=1S/C12H11N3O5S/c13-11(16)8-3-1-2-4-9(8)15-21(19,20)7-5-10(12(17)18)14-6-7/h1-6,14-15H,(H2,13,16)(H,17,18). The molecule has 9 heteroatoms. The van der Waals surface area contributed by atoms with Crippen LogP contribution in [-0.4, -0.2) is 30.4 Å². The normalized spacial score (nSPS) is 11.0. The zero-order valence-electron chi connectivity index (χ0n) is 10.5. The number of carbonyl (C=O) groups excluding carboxylic acids is 1. The van der Waals surface area contributed by atoms with Crippen molar-refractivity contribution >= 4 is 27.6 Å². The number of H-pyrrole nitrogens is 1. The lowest BCUT2D eigenvalue weighted by molar-refractivity contribution is 0.0691. The monoisotopic (exact) mass is 309 g/mol. The summed E-state index contributed by atoms with van der Waals surface area (Å²) in [5.74, 6) is -2.07. The van der Waals surface area contributed by atoms with E-state index in [0.29, 0.717) is 0 Å². The number of anilines is 1. The number of nitrogens with one attached hydrogen (secondary N) is 2. The van der Waals surface area contributed by atoms with Crippen molar-refractivity contribution in [2.24, 2.45) is 5.73 Å². The Morgan fingerprint density at radius 3 is 2.48 bits per heavy atom. The van der Waals surface area contributed by atoms with E-state index >= 15 is 0 Å². The molecule has 0 atom stereocenters. The highest BCUT2D eigenvalue weighted by Gasteiger charge is 2.20. The van der Waals surface area contributed by atoms with E-state index < -0.39 is 21.9 Å². The molecule has 0 saturated heterocycles. The maximum absolute atomic E-state index is 12.1. The van der Waals surface area contributed by atoms with E-state index in [0.717, 1.165) is 12.3 Å². The number of benzene rings is 1. The minimum absolute atomic E-state index is 0.00932. The van der Waals surface area contributed by atoms with Crippen LogP contribution in [0, 0.1) is 0 Å². The predicted octanol–water partition coefficient (Wildman–Crippen LogP) is 0.613. The number of sulfonamides is 1. The fourth-order valence-electron chi connectivity index (χ4n) is 1.64. The second-order valence-corrected chi connectivity index (χ2v) is 5.75. The predicted molar refractivity (Wildman–Crippen MR) is 73.5 cm³/mol. The molecule has 0 saturated carbocycles. The second kappa shape index (κ2) is 5.29. The number of rotatable bonds is 5. The zero-order chi connectivity index (χ0) is 15.6. The molecule has 8 nitrogen and oxygen atoms in total. The summed E-state index contributed by atoms with van der Waals surface area (Å²) in [7, 11) is -4.03. The average molecular weight is 309 g/mol. The number of amides is 1. The van der Waals surface area contributed by atoms with E-state index in [9.17, 15) is 18.0 Å². The Hall–Kier alpha value is -2.81. The molecule has 0 aliphatic heterocycles. The molecule has 110 valence electrons. The third-order valence-corrected chi connectivity index (χ3v) is 3.98. The topological polar surface area (TPSA) is 142 Å². The van der Waals surface area contributed by atoms with Gasteiger partial charge in [0.05, 0.1) is 11.3 Å². The highest BCUT2D eigenvalue weighted by atomic mass is 32.2. The number of hydrogen-bond acceptors (Lipinski definition) is 4. The number of carboxylic acid groups (broad SMARTS) is 1. The van der Waals surface area contributed by atoms with Gasteiger partial charge in [-0.05, 0) is 18.2 Å². The summed E-state index contributed by atoms with van der Waals surface area (Å²) in [6.07, 6.45) is 1.04. The first-order chi connectivity index (χ1) is 9.81. The number of primary amides is 1. The molecule has 1 heterocycles. The first-order valence-corrected chi connectivity index (χ1v) is 7.13. The number of carboxylic acids is 1. The van der Waals surface area contributed by atoms with E-state index in [1.807, 2.05) is 0 Å². The molecular weight excluding hydrogens is 298 g/mol. The molecule has 0 radical (unpaired) electrons. The minimum Gasteiger partial charge on any atom is -0.477 e. The number of carbonyl (C=O) groups is 2. The van der Waals surface area contributed by atoms with Gasteiger partial charge in [0, 0.05) is 6.20 Å². The number of aromatic amines is 1. The largest absolute Gasteiger partial charge is 0.477 e. The van der Waals surface area contributed by atoms with E-state index in [1.54, 1.807) is 0 Å². The molecule has 0 unspecified atom stereocenters. The molecule has 2 aromatic rings. The van der Waals surface area contributed by atoms with Crippen LogP contribution in [0.25, 0.3) is 0 Å². The Kier molecular flexibility index (Phi) is 3.68. The lowest BCUT2D eigenvalue weighted by Crippen LogP contribution is -2.18. The number of hydrogen-bond donors (Lipinski definition) is 4. The van der Waals surface area contributed by atoms with Gasteiger partial charge < -0.3 is 15.8 Å². The lowest BCUT2D eigenvalue weighted by atomic mass is 10.2. The molecule has 0 fully saturated rings. The van der Waals surface area contributed by atoms with Crippen molar-refractivity contribution in [3.8, 4) is 0 Å². The highest BCUT2D eigenvalue weighted by Crippen LogP contribution is 2.20. The summed E-state index contributed by atoms with van der Waals surface area (Å²) in [6, 6.07) is 6.79. The Morgan fingerprint density at radius 2 is 1.90 bits per heavy atom. The van der Waals surface area contributed by atoms with Crippen LogP contribution in [0.15, 0.2) is 41.4 Å². The molecule has 2 rings (SSSR count). The molecule has 0 spiro atoms. The summed E-state index contributed by atoms with van der Waals surface area (Å²) >= 11 is 0. The van der Waals surface area contributed by atoms with Crippen LogP contribution in [-0.2, 0) is 10.0 Å². The van der Waals surface area contributed by atoms with E-state index in [-0.39, 0.29) is 21.8 Å². The number of aromatic nitrogens is 1. The first-order valence-electron chi connectivity index (χ1n) is 5.64. The molecular formula is C12H11N3O5S. The summed E-state index contributed by atoms with van der Waals surface area (Å²) in [5.41, 5.74) is 4.92. The van der Waals surface area contributed by atoms with Gasteiger partial charge in [0.15, 0.2) is 0 Å². The van der Waals surface area contributed by atoms with Crippen LogP contribution in [0.3, 0.4) is 0 Å². The van der Waals surface area contributed by atoms with Crippen LogP contribution in [0.4, 0.5) is 5.69 Å². The van der Waals surface area contributed by atoms with Crippen molar-refractivity contribution in [1.82, 2.24) is 4.98 Å². The van der Waals surface area contributed by atoms with Gasteiger partial charge in [0.25, 0.3) is 15.9 Å². The smallest absolute Gasteiger partial charge is 0.352 e.